The van der Waals surface area contributed by atoms with Gasteiger partial charge < -0.3 is 15.1 Å². The van der Waals surface area contributed by atoms with Gasteiger partial charge in [-0.25, -0.2) is 0 Å². The Morgan fingerprint density at radius 2 is 2.19 bits per heavy atom. The second kappa shape index (κ2) is 5.25. The van der Waals surface area contributed by atoms with Gasteiger partial charge >= 0.3 is 0 Å². The van der Waals surface area contributed by atoms with Gasteiger partial charge in [0.1, 0.15) is 0 Å². The Balaban J connectivity index is 1.93. The zero-order valence-corrected chi connectivity index (χ0v) is 12.5. The van der Waals surface area contributed by atoms with E-state index in [0.717, 1.165) is 33.9 Å². The summed E-state index contributed by atoms with van der Waals surface area (Å²) in [6.45, 7) is 4.11. The van der Waals surface area contributed by atoms with Gasteiger partial charge in [0.15, 0.2) is 0 Å². The van der Waals surface area contributed by atoms with E-state index in [1.54, 1.807) is 0 Å². The summed E-state index contributed by atoms with van der Waals surface area (Å²) in [7, 11) is 0. The minimum Gasteiger partial charge on any atom is -0.411 e. The summed E-state index contributed by atoms with van der Waals surface area (Å²) in [5.74, 6) is 0.137. The number of carbonyl (C=O) groups is 1. The van der Waals surface area contributed by atoms with Crippen LogP contribution in [0.5, 0.6) is 0 Å². The highest BCUT2D eigenvalue weighted by molar-refractivity contribution is 7.99. The van der Waals surface area contributed by atoms with Crippen LogP contribution in [0.4, 0.5) is 0 Å². The highest BCUT2D eigenvalue weighted by atomic mass is 32.2. The average Bonchev–Trinajstić information content (AvgIpc) is 3.03. The second-order valence-corrected chi connectivity index (χ2v) is 5.69. The van der Waals surface area contributed by atoms with Gasteiger partial charge in [-0.3, -0.25) is 4.79 Å². The van der Waals surface area contributed by atoms with Crippen molar-refractivity contribution < 1.29 is 9.21 Å². The van der Waals surface area contributed by atoms with Gasteiger partial charge in [-0.2, -0.15) is 0 Å². The maximum Gasteiger partial charge on any atom is 0.277 e. The van der Waals surface area contributed by atoms with Crippen molar-refractivity contribution in [1.29, 1.82) is 0 Å². The maximum absolute atomic E-state index is 10.7. The quantitative estimate of drug-likeness (QED) is 0.721. The fourth-order valence-corrected chi connectivity index (χ4v) is 2.61. The topological polar surface area (TPSA) is 97.8 Å². The lowest BCUT2D eigenvalue weighted by molar-refractivity contribution is -0.115. The number of nitrogens with two attached hydrogens (primary N) is 1. The Hall–Kier alpha value is -2.28. The van der Waals surface area contributed by atoms with E-state index in [9.17, 15) is 4.79 Å². The Morgan fingerprint density at radius 1 is 1.38 bits per heavy atom. The number of primary amides is 1. The fourth-order valence-electron chi connectivity index (χ4n) is 2.11. The number of nitrogens with one attached hydrogen (secondary N) is 1. The third-order valence-electron chi connectivity index (χ3n) is 3.30. The summed E-state index contributed by atoms with van der Waals surface area (Å²) < 4.78 is 5.54. The number of H-pyrrole nitrogens is 1. The van der Waals surface area contributed by atoms with Gasteiger partial charge in [0.05, 0.1) is 5.75 Å². The van der Waals surface area contributed by atoms with Crippen LogP contribution in [0.2, 0.25) is 0 Å². The molecule has 1 amide bonds. The molecule has 0 aliphatic rings. The average molecular weight is 302 g/mol. The van der Waals surface area contributed by atoms with E-state index in [2.05, 4.69) is 22.1 Å². The number of benzene rings is 1. The number of aromatic amines is 1. The van der Waals surface area contributed by atoms with Crippen LogP contribution in [-0.2, 0) is 4.79 Å². The highest BCUT2D eigenvalue weighted by Gasteiger charge is 2.12. The number of aryl methyl sites for hydroxylation is 2. The molecule has 0 saturated carbocycles. The van der Waals surface area contributed by atoms with E-state index < -0.39 is 5.91 Å². The van der Waals surface area contributed by atoms with Crippen molar-refractivity contribution in [2.75, 3.05) is 5.75 Å². The molecule has 2 heterocycles. The first-order valence-electron chi connectivity index (χ1n) is 6.38. The van der Waals surface area contributed by atoms with Crippen LogP contribution in [0.25, 0.3) is 22.4 Å². The van der Waals surface area contributed by atoms with Gasteiger partial charge in [-0.15, -0.1) is 10.2 Å². The van der Waals surface area contributed by atoms with Crippen molar-refractivity contribution in [3.8, 4) is 11.5 Å². The second-order valence-electron chi connectivity index (χ2n) is 4.76. The molecule has 3 rings (SSSR count). The van der Waals surface area contributed by atoms with E-state index in [4.69, 9.17) is 10.2 Å². The molecule has 3 aromatic rings. The van der Waals surface area contributed by atoms with Crippen molar-refractivity contribution in [3.63, 3.8) is 0 Å². The molecule has 3 N–H and O–H groups in total. The van der Waals surface area contributed by atoms with Crippen LogP contribution in [0.1, 0.15) is 11.3 Å². The van der Waals surface area contributed by atoms with Crippen molar-refractivity contribution in [2.45, 2.75) is 19.1 Å². The summed E-state index contributed by atoms with van der Waals surface area (Å²) in [6, 6.07) is 5.93. The molecular formula is C14H14N4O2S. The van der Waals surface area contributed by atoms with E-state index in [0.29, 0.717) is 11.1 Å². The Bertz CT molecular complexity index is 822. The molecule has 2 aromatic heterocycles. The number of hydrogen-bond donors (Lipinski definition) is 2. The van der Waals surface area contributed by atoms with Crippen molar-refractivity contribution in [2.24, 2.45) is 5.73 Å². The first-order chi connectivity index (χ1) is 10.0. The molecule has 0 radical (unpaired) electrons. The summed E-state index contributed by atoms with van der Waals surface area (Å²) in [4.78, 5) is 14.1. The van der Waals surface area contributed by atoms with Crippen LogP contribution >= 0.6 is 11.8 Å². The summed E-state index contributed by atoms with van der Waals surface area (Å²) >= 11 is 1.13. The van der Waals surface area contributed by atoms with E-state index in [-0.39, 0.29) is 5.75 Å². The molecular weight excluding hydrogens is 288 g/mol. The third kappa shape index (κ3) is 2.64. The zero-order chi connectivity index (χ0) is 15.0. The molecule has 0 saturated heterocycles. The monoisotopic (exact) mass is 302 g/mol. The van der Waals surface area contributed by atoms with Gasteiger partial charge in [0.25, 0.3) is 5.22 Å². The lowest BCUT2D eigenvalue weighted by atomic mass is 10.1. The molecule has 1 aromatic carbocycles. The SMILES string of the molecule is Cc1[nH]c2ccc(-c3nnc(SCC(N)=O)o3)cc2c1C. The van der Waals surface area contributed by atoms with Crippen molar-refractivity contribution >= 4 is 28.6 Å². The highest BCUT2D eigenvalue weighted by Crippen LogP contribution is 2.28. The standard InChI is InChI=1S/C14H14N4O2S/c1-7-8(2)16-11-4-3-9(5-10(7)11)13-17-18-14(20-13)21-6-12(15)19/h3-5,16H,6H2,1-2H3,(H2,15,19). The number of nitrogens with zero attached hydrogens (tertiary/aromatic N) is 2. The van der Waals surface area contributed by atoms with E-state index in [1.165, 1.54) is 5.56 Å². The van der Waals surface area contributed by atoms with Crippen molar-refractivity contribution in [1.82, 2.24) is 15.2 Å². The molecule has 0 fully saturated rings. The maximum atomic E-state index is 10.7. The summed E-state index contributed by atoms with van der Waals surface area (Å²) in [5.41, 5.74) is 9.36. The molecule has 6 nitrogen and oxygen atoms in total. The lowest BCUT2D eigenvalue weighted by Gasteiger charge is -1.96. The molecule has 108 valence electrons. The molecule has 0 unspecified atom stereocenters. The molecule has 0 aliphatic heterocycles. The first kappa shape index (κ1) is 13.7. The molecule has 0 bridgehead atoms. The minimum atomic E-state index is -0.417. The predicted octanol–water partition coefficient (Wildman–Crippen LogP) is 2.41. The summed E-state index contributed by atoms with van der Waals surface area (Å²) in [6.07, 6.45) is 0. The largest absolute Gasteiger partial charge is 0.411 e. The van der Waals surface area contributed by atoms with Crippen LogP contribution in [0.3, 0.4) is 0 Å². The van der Waals surface area contributed by atoms with Gasteiger partial charge in [0, 0.05) is 22.2 Å². The number of amides is 1. The van der Waals surface area contributed by atoms with Crippen LogP contribution < -0.4 is 5.73 Å². The number of carbonyl (C=O) groups excluding carboxylic acids is 1. The van der Waals surface area contributed by atoms with Gasteiger partial charge in [-0.1, -0.05) is 11.8 Å². The molecule has 21 heavy (non-hydrogen) atoms. The summed E-state index contributed by atoms with van der Waals surface area (Å²) in [5, 5.41) is 9.38. The number of aromatic nitrogens is 3. The van der Waals surface area contributed by atoms with E-state index >= 15 is 0 Å². The lowest BCUT2D eigenvalue weighted by Crippen LogP contribution is -2.12. The first-order valence-corrected chi connectivity index (χ1v) is 7.37. The molecule has 0 aliphatic carbocycles. The third-order valence-corrected chi connectivity index (χ3v) is 4.14. The molecule has 0 atom stereocenters. The van der Waals surface area contributed by atoms with Crippen LogP contribution in [-0.4, -0.2) is 26.8 Å². The van der Waals surface area contributed by atoms with Gasteiger partial charge in [-0.05, 0) is 37.6 Å². The van der Waals surface area contributed by atoms with Crippen molar-refractivity contribution in [3.05, 3.63) is 29.5 Å². The Kier molecular flexibility index (Phi) is 3.42. The number of hydrogen-bond acceptors (Lipinski definition) is 5. The predicted molar refractivity (Wildman–Crippen MR) is 81.0 cm³/mol. The Labute approximate surface area is 125 Å². The number of rotatable bonds is 4. The smallest absolute Gasteiger partial charge is 0.277 e. The Morgan fingerprint density at radius 3 is 2.95 bits per heavy atom. The molecule has 7 heteroatoms. The molecule has 0 spiro atoms. The number of fused-ring (bicyclic) bond motifs is 1. The minimum absolute atomic E-state index is 0.122. The van der Waals surface area contributed by atoms with E-state index in [1.807, 2.05) is 25.1 Å². The number of thioether (sulfide) groups is 1. The zero-order valence-electron chi connectivity index (χ0n) is 11.6. The normalized spacial score (nSPS) is 11.1. The van der Waals surface area contributed by atoms with Gasteiger partial charge in [0.2, 0.25) is 11.8 Å². The fraction of sp³-hybridized carbons (Fsp3) is 0.214. The van der Waals surface area contributed by atoms with Crippen LogP contribution in [0.15, 0.2) is 27.8 Å². The van der Waals surface area contributed by atoms with Crippen LogP contribution in [0, 0.1) is 13.8 Å².